The Labute approximate surface area is 200 Å². The molecule has 1 fully saturated rings. The predicted molar refractivity (Wildman–Crippen MR) is 121 cm³/mol. The monoisotopic (exact) mass is 503 g/mol. The van der Waals surface area contributed by atoms with E-state index in [-0.39, 0.29) is 55.2 Å². The van der Waals surface area contributed by atoms with Crippen LogP contribution in [0.4, 0.5) is 15.2 Å². The van der Waals surface area contributed by atoms with Crippen LogP contribution < -0.4 is 5.32 Å². The van der Waals surface area contributed by atoms with Crippen molar-refractivity contribution < 1.29 is 31.6 Å². The van der Waals surface area contributed by atoms with Gasteiger partial charge in [0.05, 0.1) is 11.5 Å². The van der Waals surface area contributed by atoms with Crippen molar-refractivity contribution in [3.05, 3.63) is 59.9 Å². The molecular formula is C22H22FN5O6S. The first kappa shape index (κ1) is 24.3. The molecule has 11 nitrogen and oxygen atoms in total. The first-order valence-electron chi connectivity index (χ1n) is 10.7. The molecule has 0 radical (unpaired) electrons. The first-order valence-corrected chi connectivity index (χ1v) is 12.1. The Hall–Kier alpha value is -3.84. The molecule has 0 aliphatic carbocycles. The van der Waals surface area contributed by atoms with Crippen LogP contribution in [0, 0.1) is 5.82 Å². The zero-order valence-corrected chi connectivity index (χ0v) is 19.5. The topological polar surface area (TPSA) is 135 Å². The number of rotatable bonds is 6. The third kappa shape index (κ3) is 5.46. The lowest BCUT2D eigenvalue weighted by Crippen LogP contribution is -2.50. The van der Waals surface area contributed by atoms with Gasteiger partial charge in [0.15, 0.2) is 0 Å². The molecule has 1 aliphatic rings. The highest BCUT2D eigenvalue weighted by molar-refractivity contribution is 7.89. The summed E-state index contributed by atoms with van der Waals surface area (Å²) in [5.74, 6) is -0.887. The lowest BCUT2D eigenvalue weighted by molar-refractivity contribution is 0.0933. The zero-order valence-electron chi connectivity index (χ0n) is 18.7. The fourth-order valence-corrected chi connectivity index (χ4v) is 4.83. The second-order valence-electron chi connectivity index (χ2n) is 7.49. The Balaban J connectivity index is 1.38. The third-order valence-electron chi connectivity index (χ3n) is 5.26. The molecule has 0 unspecified atom stereocenters. The summed E-state index contributed by atoms with van der Waals surface area (Å²) < 4.78 is 50.6. The minimum atomic E-state index is -3.80. The molecule has 3 aromatic rings. The second kappa shape index (κ2) is 10.2. The second-order valence-corrected chi connectivity index (χ2v) is 9.43. The van der Waals surface area contributed by atoms with Crippen molar-refractivity contribution in [2.24, 2.45) is 0 Å². The SMILES string of the molecule is CCOC(=O)N1CCN(S(=O)(=O)c2ccc(C(=O)Nc3nnc(-c4ccc(F)cc4)o3)cc2)CC1. The van der Waals surface area contributed by atoms with Gasteiger partial charge in [-0.3, -0.25) is 10.1 Å². The molecule has 2 aromatic carbocycles. The molecule has 13 heteroatoms. The standard InChI is InChI=1S/C22H22FN5O6S/c1-2-33-22(30)27-11-13-28(14-12-27)35(31,32)18-9-5-15(6-10-18)19(29)24-21-26-25-20(34-21)16-3-7-17(23)8-4-16/h3-10H,2,11-14H2,1H3,(H,24,26,29). The van der Waals surface area contributed by atoms with Gasteiger partial charge in [-0.2, -0.15) is 4.31 Å². The van der Waals surface area contributed by atoms with Crippen LogP contribution in [0.3, 0.4) is 0 Å². The normalized spacial score (nSPS) is 14.5. The molecule has 4 rings (SSSR count). The summed E-state index contributed by atoms with van der Waals surface area (Å²) in [6, 6.07) is 10.7. The van der Waals surface area contributed by atoms with Crippen molar-refractivity contribution in [2.75, 3.05) is 38.1 Å². The van der Waals surface area contributed by atoms with Crippen LogP contribution in [0.25, 0.3) is 11.5 Å². The number of anilines is 1. The van der Waals surface area contributed by atoms with Crippen LogP contribution in [-0.2, 0) is 14.8 Å². The van der Waals surface area contributed by atoms with Crippen molar-refractivity contribution in [1.29, 1.82) is 0 Å². The van der Waals surface area contributed by atoms with Gasteiger partial charge in [-0.25, -0.2) is 17.6 Å². The summed E-state index contributed by atoms with van der Waals surface area (Å²) in [6.45, 7) is 2.67. The van der Waals surface area contributed by atoms with E-state index in [1.807, 2.05) is 0 Å². The average Bonchev–Trinajstić information content (AvgIpc) is 3.33. The molecule has 1 saturated heterocycles. The maximum Gasteiger partial charge on any atom is 0.409 e. The largest absolute Gasteiger partial charge is 0.450 e. The van der Waals surface area contributed by atoms with Crippen LogP contribution in [0.15, 0.2) is 57.8 Å². The van der Waals surface area contributed by atoms with Gasteiger partial charge in [-0.15, -0.1) is 5.10 Å². The maximum absolute atomic E-state index is 13.1. The van der Waals surface area contributed by atoms with Crippen molar-refractivity contribution in [3.8, 4) is 11.5 Å². The molecule has 2 amide bonds. The molecule has 1 aliphatic heterocycles. The fraction of sp³-hybridized carbons (Fsp3) is 0.273. The van der Waals surface area contributed by atoms with E-state index in [1.165, 1.54) is 57.7 Å². The highest BCUT2D eigenvalue weighted by Crippen LogP contribution is 2.22. The van der Waals surface area contributed by atoms with Gasteiger partial charge in [0.1, 0.15) is 5.82 Å². The van der Waals surface area contributed by atoms with Crippen molar-refractivity contribution in [1.82, 2.24) is 19.4 Å². The van der Waals surface area contributed by atoms with Crippen molar-refractivity contribution in [2.45, 2.75) is 11.8 Å². The molecular weight excluding hydrogens is 481 g/mol. The fourth-order valence-electron chi connectivity index (χ4n) is 3.41. The van der Waals surface area contributed by atoms with Crippen LogP contribution >= 0.6 is 0 Å². The van der Waals surface area contributed by atoms with E-state index in [2.05, 4.69) is 15.5 Å². The molecule has 1 N–H and O–H groups in total. The van der Waals surface area contributed by atoms with Gasteiger partial charge in [0, 0.05) is 37.3 Å². The summed E-state index contributed by atoms with van der Waals surface area (Å²) in [6.07, 6.45) is -0.467. The molecule has 2 heterocycles. The van der Waals surface area contributed by atoms with Gasteiger partial charge in [0.2, 0.25) is 15.9 Å². The third-order valence-corrected chi connectivity index (χ3v) is 7.17. The van der Waals surface area contributed by atoms with E-state index in [4.69, 9.17) is 9.15 Å². The number of nitrogens with one attached hydrogen (secondary N) is 1. The van der Waals surface area contributed by atoms with Crippen LogP contribution in [0.5, 0.6) is 0 Å². The predicted octanol–water partition coefficient (Wildman–Crippen LogP) is 2.59. The van der Waals surface area contributed by atoms with Crippen LogP contribution in [0.1, 0.15) is 17.3 Å². The number of benzene rings is 2. The highest BCUT2D eigenvalue weighted by atomic mass is 32.2. The van der Waals surface area contributed by atoms with Gasteiger partial charge >= 0.3 is 12.1 Å². The highest BCUT2D eigenvalue weighted by Gasteiger charge is 2.30. The number of ether oxygens (including phenoxy) is 1. The van der Waals surface area contributed by atoms with E-state index in [0.29, 0.717) is 5.56 Å². The number of amides is 2. The number of sulfonamides is 1. The number of piperazine rings is 1. The molecule has 0 bridgehead atoms. The molecule has 35 heavy (non-hydrogen) atoms. The van der Waals surface area contributed by atoms with Gasteiger partial charge in [0.25, 0.3) is 5.91 Å². The number of halogens is 1. The summed E-state index contributed by atoms with van der Waals surface area (Å²) in [7, 11) is -3.80. The van der Waals surface area contributed by atoms with E-state index < -0.39 is 27.8 Å². The Kier molecular flexibility index (Phi) is 7.07. The molecule has 1 aromatic heterocycles. The Morgan fingerprint density at radius 2 is 1.69 bits per heavy atom. The number of aromatic nitrogens is 2. The zero-order chi connectivity index (χ0) is 25.0. The van der Waals surface area contributed by atoms with Crippen molar-refractivity contribution >= 4 is 28.0 Å². The quantitative estimate of drug-likeness (QED) is 0.542. The number of carbonyl (C=O) groups is 2. The molecule has 184 valence electrons. The molecule has 0 spiro atoms. The van der Waals surface area contributed by atoms with Gasteiger partial charge in [-0.1, -0.05) is 5.10 Å². The molecule has 0 atom stereocenters. The number of carbonyl (C=O) groups excluding carboxylic acids is 2. The van der Waals surface area contributed by atoms with E-state index >= 15 is 0 Å². The number of hydrogen-bond donors (Lipinski definition) is 1. The Morgan fingerprint density at radius 1 is 1.03 bits per heavy atom. The van der Waals surface area contributed by atoms with E-state index in [1.54, 1.807) is 6.92 Å². The lowest BCUT2D eigenvalue weighted by Gasteiger charge is -2.33. The summed E-state index contributed by atoms with van der Waals surface area (Å²) in [5, 5.41) is 10.0. The van der Waals surface area contributed by atoms with Crippen molar-refractivity contribution in [3.63, 3.8) is 0 Å². The summed E-state index contributed by atoms with van der Waals surface area (Å²) in [4.78, 5) is 25.8. The van der Waals surface area contributed by atoms with Gasteiger partial charge in [-0.05, 0) is 55.5 Å². The van der Waals surface area contributed by atoms with Crippen LogP contribution in [-0.4, -0.2) is 72.6 Å². The lowest BCUT2D eigenvalue weighted by atomic mass is 10.2. The minimum Gasteiger partial charge on any atom is -0.450 e. The summed E-state index contributed by atoms with van der Waals surface area (Å²) >= 11 is 0. The first-order chi connectivity index (χ1) is 16.8. The maximum atomic E-state index is 13.1. The molecule has 0 saturated carbocycles. The van der Waals surface area contributed by atoms with Crippen LogP contribution in [0.2, 0.25) is 0 Å². The summed E-state index contributed by atoms with van der Waals surface area (Å²) in [5.41, 5.74) is 0.662. The van der Waals surface area contributed by atoms with E-state index in [0.717, 1.165) is 0 Å². The van der Waals surface area contributed by atoms with Gasteiger partial charge < -0.3 is 14.1 Å². The number of nitrogens with zero attached hydrogens (tertiary/aromatic N) is 4. The smallest absolute Gasteiger partial charge is 0.409 e. The Morgan fingerprint density at radius 3 is 2.31 bits per heavy atom. The number of hydrogen-bond acceptors (Lipinski definition) is 8. The Bertz CT molecular complexity index is 1300. The minimum absolute atomic E-state index is 0.0232. The van der Waals surface area contributed by atoms with E-state index in [9.17, 15) is 22.4 Å². The average molecular weight is 504 g/mol.